The first-order chi connectivity index (χ1) is 5.76. The maximum atomic E-state index is 9.72. The summed E-state index contributed by atoms with van der Waals surface area (Å²) in [6.45, 7) is 5.00. The van der Waals surface area contributed by atoms with Gasteiger partial charge in [-0.15, -0.1) is 0 Å². The van der Waals surface area contributed by atoms with Crippen molar-refractivity contribution in [3.8, 4) is 0 Å². The van der Waals surface area contributed by atoms with E-state index in [0.29, 0.717) is 12.5 Å². The van der Waals surface area contributed by atoms with Gasteiger partial charge in [-0.3, -0.25) is 0 Å². The van der Waals surface area contributed by atoms with Gasteiger partial charge in [0, 0.05) is 0 Å². The molecule has 0 saturated heterocycles. The Balaban J connectivity index is 3.60. The lowest BCUT2D eigenvalue weighted by atomic mass is 9.92. The van der Waals surface area contributed by atoms with Crippen molar-refractivity contribution in [3.05, 3.63) is 0 Å². The third kappa shape index (κ3) is 4.73. The molecule has 2 nitrogen and oxygen atoms in total. The molecule has 12 heavy (non-hydrogen) atoms. The van der Waals surface area contributed by atoms with Crippen molar-refractivity contribution in [3.63, 3.8) is 0 Å². The molecule has 0 radical (unpaired) electrons. The van der Waals surface area contributed by atoms with Crippen molar-refractivity contribution in [1.82, 2.24) is 0 Å². The fourth-order valence-corrected chi connectivity index (χ4v) is 1.60. The van der Waals surface area contributed by atoms with E-state index in [-0.39, 0.29) is 6.10 Å². The lowest BCUT2D eigenvalue weighted by Gasteiger charge is -2.20. The largest absolute Gasteiger partial charge is 0.393 e. The highest BCUT2D eigenvalue weighted by Gasteiger charge is 2.15. The minimum Gasteiger partial charge on any atom is -0.393 e. The lowest BCUT2D eigenvalue weighted by molar-refractivity contribution is 0.0897. The minimum atomic E-state index is -0.126. The van der Waals surface area contributed by atoms with Crippen molar-refractivity contribution < 1.29 is 5.11 Å². The van der Waals surface area contributed by atoms with Gasteiger partial charge < -0.3 is 10.8 Å². The van der Waals surface area contributed by atoms with Crippen LogP contribution in [0.3, 0.4) is 0 Å². The zero-order valence-electron chi connectivity index (χ0n) is 8.42. The van der Waals surface area contributed by atoms with Gasteiger partial charge in [0.1, 0.15) is 0 Å². The zero-order valence-corrected chi connectivity index (χ0v) is 8.42. The fraction of sp³-hybridized carbons (Fsp3) is 1.00. The van der Waals surface area contributed by atoms with Crippen LogP contribution in [-0.4, -0.2) is 17.8 Å². The van der Waals surface area contributed by atoms with E-state index in [1.54, 1.807) is 0 Å². The van der Waals surface area contributed by atoms with E-state index in [1.165, 1.54) is 0 Å². The Morgan fingerprint density at radius 3 is 2.33 bits per heavy atom. The number of hydrogen-bond acceptors (Lipinski definition) is 2. The molecule has 0 aliphatic carbocycles. The predicted molar refractivity (Wildman–Crippen MR) is 53.0 cm³/mol. The predicted octanol–water partition coefficient (Wildman–Crippen LogP) is 1.91. The molecule has 3 N–H and O–H groups in total. The van der Waals surface area contributed by atoms with Gasteiger partial charge in [0.2, 0.25) is 0 Å². The van der Waals surface area contributed by atoms with E-state index in [9.17, 15) is 5.11 Å². The van der Waals surface area contributed by atoms with Crippen molar-refractivity contribution in [1.29, 1.82) is 0 Å². The average molecular weight is 173 g/mol. The molecule has 0 saturated carbocycles. The molecule has 0 amide bonds. The van der Waals surface area contributed by atoms with Crippen LogP contribution >= 0.6 is 0 Å². The number of hydrogen-bond donors (Lipinski definition) is 2. The summed E-state index contributed by atoms with van der Waals surface area (Å²) in [5.74, 6) is 0.488. The molecular weight excluding hydrogens is 150 g/mol. The van der Waals surface area contributed by atoms with Gasteiger partial charge in [0.05, 0.1) is 6.10 Å². The first kappa shape index (κ1) is 11.9. The number of nitrogens with two attached hydrogens (primary N) is 1. The summed E-state index contributed by atoms with van der Waals surface area (Å²) in [6.07, 6.45) is 5.08. The molecular formula is C10H23NO. The van der Waals surface area contributed by atoms with E-state index in [1.807, 2.05) is 0 Å². The molecule has 0 bridgehead atoms. The van der Waals surface area contributed by atoms with Gasteiger partial charge in [-0.25, -0.2) is 0 Å². The minimum absolute atomic E-state index is 0.126. The fourth-order valence-electron chi connectivity index (χ4n) is 1.60. The average Bonchev–Trinajstić information content (AvgIpc) is 2.10. The van der Waals surface area contributed by atoms with Crippen LogP contribution < -0.4 is 5.73 Å². The number of aliphatic hydroxyl groups is 1. The molecule has 0 fully saturated rings. The van der Waals surface area contributed by atoms with Gasteiger partial charge in [0.25, 0.3) is 0 Å². The molecule has 0 aromatic carbocycles. The summed E-state index contributed by atoms with van der Waals surface area (Å²) in [6, 6.07) is 0. The Bertz CT molecular complexity index is 95.8. The van der Waals surface area contributed by atoms with Crippen molar-refractivity contribution in [2.24, 2.45) is 11.7 Å². The summed E-state index contributed by atoms with van der Waals surface area (Å²) in [5.41, 5.74) is 5.38. The van der Waals surface area contributed by atoms with Crippen LogP contribution in [0, 0.1) is 5.92 Å². The number of aliphatic hydroxyl groups excluding tert-OH is 1. The van der Waals surface area contributed by atoms with Crippen molar-refractivity contribution in [2.75, 3.05) is 6.54 Å². The summed E-state index contributed by atoms with van der Waals surface area (Å²) < 4.78 is 0. The molecule has 0 aromatic rings. The Labute approximate surface area is 76.2 Å². The monoisotopic (exact) mass is 173 g/mol. The van der Waals surface area contributed by atoms with Crippen LogP contribution in [0.1, 0.15) is 46.0 Å². The Morgan fingerprint density at radius 2 is 1.92 bits per heavy atom. The third-order valence-corrected chi connectivity index (χ3v) is 2.43. The van der Waals surface area contributed by atoms with Crippen LogP contribution in [-0.2, 0) is 0 Å². The van der Waals surface area contributed by atoms with E-state index < -0.39 is 0 Å². The highest BCUT2D eigenvalue weighted by Crippen LogP contribution is 2.18. The molecule has 2 atom stereocenters. The second-order valence-corrected chi connectivity index (χ2v) is 3.46. The Hall–Kier alpha value is -0.0800. The Morgan fingerprint density at radius 1 is 1.25 bits per heavy atom. The van der Waals surface area contributed by atoms with Crippen molar-refractivity contribution >= 4 is 0 Å². The smallest absolute Gasteiger partial charge is 0.0568 e. The lowest BCUT2D eigenvalue weighted by Crippen LogP contribution is -2.20. The summed E-state index contributed by atoms with van der Waals surface area (Å²) in [7, 11) is 0. The highest BCUT2D eigenvalue weighted by atomic mass is 16.3. The Kier molecular flexibility index (Phi) is 7.51. The molecule has 74 valence electrons. The van der Waals surface area contributed by atoms with Gasteiger partial charge in [0.15, 0.2) is 0 Å². The van der Waals surface area contributed by atoms with Gasteiger partial charge in [-0.2, -0.15) is 0 Å². The molecule has 2 unspecified atom stereocenters. The highest BCUT2D eigenvalue weighted by molar-refractivity contribution is 4.67. The van der Waals surface area contributed by atoms with Gasteiger partial charge >= 0.3 is 0 Å². The van der Waals surface area contributed by atoms with Crippen LogP contribution in [0.2, 0.25) is 0 Å². The van der Waals surface area contributed by atoms with E-state index in [0.717, 1.165) is 32.1 Å². The second kappa shape index (κ2) is 7.56. The van der Waals surface area contributed by atoms with Gasteiger partial charge in [-0.1, -0.05) is 26.7 Å². The van der Waals surface area contributed by atoms with Crippen LogP contribution in [0.5, 0.6) is 0 Å². The van der Waals surface area contributed by atoms with Crippen LogP contribution in [0.25, 0.3) is 0 Å². The molecule has 0 rings (SSSR count). The standard InChI is InChI=1S/C10H23NO/c1-3-6-9(4-2)10(12)7-5-8-11/h9-10,12H,3-8,11H2,1-2H3. The zero-order chi connectivity index (χ0) is 9.40. The maximum Gasteiger partial charge on any atom is 0.0568 e. The number of rotatable bonds is 7. The quantitative estimate of drug-likeness (QED) is 0.618. The first-order valence-corrected chi connectivity index (χ1v) is 5.14. The van der Waals surface area contributed by atoms with Crippen LogP contribution in [0.4, 0.5) is 0 Å². The van der Waals surface area contributed by atoms with E-state index in [2.05, 4.69) is 13.8 Å². The van der Waals surface area contributed by atoms with E-state index in [4.69, 9.17) is 5.73 Å². The van der Waals surface area contributed by atoms with Gasteiger partial charge in [-0.05, 0) is 31.7 Å². The second-order valence-electron chi connectivity index (χ2n) is 3.46. The molecule has 0 aliphatic rings. The summed E-state index contributed by atoms with van der Waals surface area (Å²) in [5, 5.41) is 9.72. The molecule has 2 heteroatoms. The van der Waals surface area contributed by atoms with E-state index >= 15 is 0 Å². The molecule has 0 aromatic heterocycles. The molecule has 0 heterocycles. The first-order valence-electron chi connectivity index (χ1n) is 5.14. The third-order valence-electron chi connectivity index (χ3n) is 2.43. The van der Waals surface area contributed by atoms with Crippen molar-refractivity contribution in [2.45, 2.75) is 52.1 Å². The van der Waals surface area contributed by atoms with Crippen LogP contribution in [0.15, 0.2) is 0 Å². The molecule has 0 spiro atoms. The summed E-state index contributed by atoms with van der Waals surface area (Å²) >= 11 is 0. The molecule has 0 aliphatic heterocycles. The maximum absolute atomic E-state index is 9.72. The topological polar surface area (TPSA) is 46.2 Å². The SMILES string of the molecule is CCCC(CC)C(O)CCCN. The normalized spacial score (nSPS) is 16.0. The summed E-state index contributed by atoms with van der Waals surface area (Å²) in [4.78, 5) is 0.